The van der Waals surface area contributed by atoms with Gasteiger partial charge >= 0.3 is 6.61 Å². The predicted octanol–water partition coefficient (Wildman–Crippen LogP) is 5.08. The largest absolute Gasteiger partial charge is 0.435 e. The van der Waals surface area contributed by atoms with Crippen LogP contribution in [0.15, 0.2) is 48.5 Å². The Morgan fingerprint density at radius 2 is 1.65 bits per heavy atom. The van der Waals surface area contributed by atoms with E-state index in [1.165, 1.54) is 24.3 Å². The van der Waals surface area contributed by atoms with Gasteiger partial charge < -0.3 is 15.4 Å². The fraction of sp³-hybridized carbons (Fsp3) is 0.391. The average molecular weight is 451 g/mol. The van der Waals surface area contributed by atoms with Crippen molar-refractivity contribution < 1.29 is 23.1 Å². The van der Waals surface area contributed by atoms with Crippen LogP contribution in [0.3, 0.4) is 0 Å². The second kappa shape index (κ2) is 11.1. The van der Waals surface area contributed by atoms with Crippen LogP contribution in [-0.2, 0) is 10.2 Å². The van der Waals surface area contributed by atoms with Gasteiger partial charge in [-0.3, -0.25) is 9.59 Å². The maximum absolute atomic E-state index is 12.7. The number of hydrogen-bond donors (Lipinski definition) is 2. The molecule has 5 nitrogen and oxygen atoms in total. The molecule has 0 fully saturated rings. The standard InChI is InChI=1S/C23H28F2N2O3S/c1-23(2,3)16-7-5-15(6-8-16)20(28)27-19(13-14-31-4)21(29)26-17-9-11-18(12-10-17)30-22(24)25/h5-12,19,22H,13-14H2,1-4H3,(H,26,29)(H,27,28)/t19-/m1/s1. The van der Waals surface area contributed by atoms with Crippen LogP contribution in [0.1, 0.15) is 43.1 Å². The highest BCUT2D eigenvalue weighted by Crippen LogP contribution is 2.22. The van der Waals surface area contributed by atoms with Crippen molar-refractivity contribution in [2.75, 3.05) is 17.3 Å². The molecule has 0 unspecified atom stereocenters. The lowest BCUT2D eigenvalue weighted by atomic mass is 9.86. The number of halogens is 2. The van der Waals surface area contributed by atoms with Gasteiger partial charge in [-0.2, -0.15) is 20.5 Å². The maximum Gasteiger partial charge on any atom is 0.387 e. The molecule has 31 heavy (non-hydrogen) atoms. The van der Waals surface area contributed by atoms with Crippen molar-refractivity contribution in [3.05, 3.63) is 59.7 Å². The zero-order valence-electron chi connectivity index (χ0n) is 18.1. The number of thioether (sulfide) groups is 1. The van der Waals surface area contributed by atoms with Gasteiger partial charge in [-0.1, -0.05) is 32.9 Å². The Morgan fingerprint density at radius 3 is 2.16 bits per heavy atom. The van der Waals surface area contributed by atoms with Crippen LogP contribution in [0.4, 0.5) is 14.5 Å². The molecule has 0 radical (unpaired) electrons. The summed E-state index contributed by atoms with van der Waals surface area (Å²) in [6, 6.07) is 12.2. The predicted molar refractivity (Wildman–Crippen MR) is 121 cm³/mol. The second-order valence-corrected chi connectivity index (χ2v) is 9.01. The fourth-order valence-electron chi connectivity index (χ4n) is 2.82. The van der Waals surface area contributed by atoms with Crippen molar-refractivity contribution in [1.82, 2.24) is 5.32 Å². The van der Waals surface area contributed by atoms with Crippen molar-refractivity contribution in [2.24, 2.45) is 0 Å². The van der Waals surface area contributed by atoms with E-state index >= 15 is 0 Å². The summed E-state index contributed by atoms with van der Waals surface area (Å²) < 4.78 is 28.8. The molecule has 2 aromatic carbocycles. The molecule has 168 valence electrons. The third-order valence-electron chi connectivity index (χ3n) is 4.59. The van der Waals surface area contributed by atoms with Crippen molar-refractivity contribution in [3.63, 3.8) is 0 Å². The van der Waals surface area contributed by atoms with E-state index in [9.17, 15) is 18.4 Å². The minimum Gasteiger partial charge on any atom is -0.435 e. The quantitative estimate of drug-likeness (QED) is 0.559. The van der Waals surface area contributed by atoms with E-state index in [4.69, 9.17) is 0 Å². The van der Waals surface area contributed by atoms with Gasteiger partial charge in [0.05, 0.1) is 0 Å². The van der Waals surface area contributed by atoms with E-state index in [2.05, 4.69) is 36.1 Å². The van der Waals surface area contributed by atoms with E-state index in [1.54, 1.807) is 23.9 Å². The lowest BCUT2D eigenvalue weighted by Gasteiger charge is -2.20. The van der Waals surface area contributed by atoms with Crippen LogP contribution in [0, 0.1) is 0 Å². The highest BCUT2D eigenvalue weighted by atomic mass is 32.2. The molecule has 2 rings (SSSR count). The van der Waals surface area contributed by atoms with Crippen molar-refractivity contribution >= 4 is 29.3 Å². The number of nitrogens with one attached hydrogen (secondary N) is 2. The van der Waals surface area contributed by atoms with E-state index in [0.29, 0.717) is 23.4 Å². The van der Waals surface area contributed by atoms with E-state index in [1.807, 2.05) is 18.4 Å². The molecule has 0 bridgehead atoms. The Labute approximate surface area is 185 Å². The number of amides is 2. The van der Waals surface area contributed by atoms with Gasteiger partial charge in [-0.15, -0.1) is 0 Å². The Morgan fingerprint density at radius 1 is 1.03 bits per heavy atom. The zero-order valence-corrected chi connectivity index (χ0v) is 18.9. The Balaban J connectivity index is 2.06. The minimum absolute atomic E-state index is 0.000983. The lowest BCUT2D eigenvalue weighted by molar-refractivity contribution is -0.118. The van der Waals surface area contributed by atoms with Crippen molar-refractivity contribution in [3.8, 4) is 5.75 Å². The number of ether oxygens (including phenoxy) is 1. The first kappa shape index (κ1) is 24.7. The minimum atomic E-state index is -2.91. The molecule has 0 aliphatic rings. The van der Waals surface area contributed by atoms with Crippen molar-refractivity contribution in [1.29, 1.82) is 0 Å². The molecule has 0 aliphatic carbocycles. The van der Waals surface area contributed by atoms with Crippen LogP contribution in [-0.4, -0.2) is 36.5 Å². The van der Waals surface area contributed by atoms with E-state index in [-0.39, 0.29) is 23.0 Å². The van der Waals surface area contributed by atoms with Crippen LogP contribution in [0.2, 0.25) is 0 Å². The van der Waals surface area contributed by atoms with E-state index in [0.717, 1.165) is 5.56 Å². The summed E-state index contributed by atoms with van der Waals surface area (Å²) in [6.45, 7) is 3.37. The van der Waals surface area contributed by atoms with Gasteiger partial charge in [0, 0.05) is 11.3 Å². The first-order chi connectivity index (χ1) is 14.6. The Kier molecular flexibility index (Phi) is 8.86. The normalized spacial score (nSPS) is 12.4. The summed E-state index contributed by atoms with van der Waals surface area (Å²) in [5.41, 5.74) is 1.99. The number of benzene rings is 2. The van der Waals surface area contributed by atoms with Gasteiger partial charge in [0.25, 0.3) is 5.91 Å². The number of rotatable bonds is 9. The molecule has 1 atom stereocenters. The molecule has 2 amide bonds. The number of carbonyl (C=O) groups excluding carboxylic acids is 2. The smallest absolute Gasteiger partial charge is 0.387 e. The van der Waals surface area contributed by atoms with Gasteiger partial charge in [-0.05, 0) is 65.8 Å². The monoisotopic (exact) mass is 450 g/mol. The van der Waals surface area contributed by atoms with Crippen LogP contribution in [0.25, 0.3) is 0 Å². The maximum atomic E-state index is 12.7. The number of anilines is 1. The Bertz CT molecular complexity index is 866. The van der Waals surface area contributed by atoms with Gasteiger partial charge in [-0.25, -0.2) is 0 Å². The summed E-state index contributed by atoms with van der Waals surface area (Å²) in [6.07, 6.45) is 2.37. The molecule has 8 heteroatoms. The molecule has 0 spiro atoms. The Hall–Kier alpha value is -2.61. The lowest BCUT2D eigenvalue weighted by Crippen LogP contribution is -2.44. The third-order valence-corrected chi connectivity index (χ3v) is 5.24. The van der Waals surface area contributed by atoms with Gasteiger partial charge in [0.2, 0.25) is 5.91 Å². The molecular formula is C23H28F2N2O3S. The highest BCUT2D eigenvalue weighted by Gasteiger charge is 2.22. The van der Waals surface area contributed by atoms with Crippen LogP contribution >= 0.6 is 11.8 Å². The molecule has 0 saturated heterocycles. The summed E-state index contributed by atoms with van der Waals surface area (Å²) in [7, 11) is 0. The first-order valence-electron chi connectivity index (χ1n) is 9.86. The zero-order chi connectivity index (χ0) is 23.0. The summed E-state index contributed by atoms with van der Waals surface area (Å²) >= 11 is 1.57. The van der Waals surface area contributed by atoms with Crippen molar-refractivity contribution in [2.45, 2.75) is 45.3 Å². The SMILES string of the molecule is CSCC[C@@H](NC(=O)c1ccc(C(C)(C)C)cc1)C(=O)Nc1ccc(OC(F)F)cc1. The number of carbonyl (C=O) groups is 2. The summed E-state index contributed by atoms with van der Waals surface area (Å²) in [5.74, 6) is -0.0276. The van der Waals surface area contributed by atoms with E-state index < -0.39 is 12.7 Å². The molecule has 0 aromatic heterocycles. The molecule has 2 N–H and O–H groups in total. The molecule has 0 heterocycles. The summed E-state index contributed by atoms with van der Waals surface area (Å²) in [4.78, 5) is 25.4. The molecular weight excluding hydrogens is 422 g/mol. The number of hydrogen-bond acceptors (Lipinski definition) is 4. The molecule has 0 saturated carbocycles. The fourth-order valence-corrected chi connectivity index (χ4v) is 3.29. The van der Waals surface area contributed by atoms with Gasteiger partial charge in [0.1, 0.15) is 11.8 Å². The van der Waals surface area contributed by atoms with Crippen LogP contribution < -0.4 is 15.4 Å². The third kappa shape index (κ3) is 7.86. The van der Waals surface area contributed by atoms with Gasteiger partial charge in [0.15, 0.2) is 0 Å². The second-order valence-electron chi connectivity index (χ2n) is 8.03. The average Bonchev–Trinajstić information content (AvgIpc) is 2.71. The first-order valence-corrected chi connectivity index (χ1v) is 11.3. The number of alkyl halides is 2. The molecule has 0 aliphatic heterocycles. The molecule has 2 aromatic rings. The van der Waals surface area contributed by atoms with Crippen LogP contribution in [0.5, 0.6) is 5.75 Å². The summed E-state index contributed by atoms with van der Waals surface area (Å²) in [5, 5.41) is 5.51. The highest BCUT2D eigenvalue weighted by molar-refractivity contribution is 7.98. The topological polar surface area (TPSA) is 67.4 Å².